The lowest BCUT2D eigenvalue weighted by Crippen LogP contribution is -2.36. The molecule has 9 heteroatoms. The number of fused-ring (bicyclic) bond motifs is 2. The number of benzene rings is 1. The van der Waals surface area contributed by atoms with Crippen LogP contribution in [-0.4, -0.2) is 38.5 Å². The van der Waals surface area contributed by atoms with Crippen molar-refractivity contribution in [3.63, 3.8) is 0 Å². The second-order valence-electron chi connectivity index (χ2n) is 8.09. The van der Waals surface area contributed by atoms with Crippen molar-refractivity contribution < 1.29 is 18.1 Å². The predicted molar refractivity (Wildman–Crippen MR) is 108 cm³/mol. The molecule has 1 aromatic carbocycles. The Kier molecular flexibility index (Phi) is 5.03. The van der Waals surface area contributed by atoms with Gasteiger partial charge in [0.15, 0.2) is 0 Å². The van der Waals surface area contributed by atoms with Gasteiger partial charge in [-0.2, -0.15) is 0 Å². The molecule has 1 aliphatic heterocycles. The number of amides is 1. The van der Waals surface area contributed by atoms with Crippen LogP contribution in [-0.2, 0) is 19.4 Å². The maximum Gasteiger partial charge on any atom is 0.293 e. The van der Waals surface area contributed by atoms with E-state index in [2.05, 4.69) is 10.1 Å². The van der Waals surface area contributed by atoms with E-state index in [1.807, 2.05) is 0 Å². The molecule has 162 valence electrons. The highest BCUT2D eigenvalue weighted by Gasteiger charge is 2.37. The van der Waals surface area contributed by atoms with Crippen molar-refractivity contribution in [1.29, 1.82) is 0 Å². The van der Waals surface area contributed by atoms with Crippen molar-refractivity contribution in [1.82, 2.24) is 19.6 Å². The minimum Gasteiger partial charge on any atom is -0.350 e. The van der Waals surface area contributed by atoms with Gasteiger partial charge in [-0.1, -0.05) is 17.3 Å². The van der Waals surface area contributed by atoms with Gasteiger partial charge in [-0.15, -0.1) is 0 Å². The van der Waals surface area contributed by atoms with E-state index in [4.69, 9.17) is 4.52 Å². The molecule has 7 nitrogen and oxygen atoms in total. The number of rotatable bonds is 4. The highest BCUT2D eigenvalue weighted by molar-refractivity contribution is 5.93. The molecule has 3 aromatic rings. The number of carbonyl (C=O) groups is 1. The summed E-state index contributed by atoms with van der Waals surface area (Å²) in [6.45, 7) is -0.321. The molecule has 0 radical (unpaired) electrons. The van der Waals surface area contributed by atoms with Crippen LogP contribution in [0.5, 0.6) is 0 Å². The molecule has 1 saturated heterocycles. The monoisotopic (exact) mass is 428 g/mol. The first-order valence-corrected chi connectivity index (χ1v) is 10.6. The van der Waals surface area contributed by atoms with Crippen LogP contribution in [0, 0.1) is 0 Å². The van der Waals surface area contributed by atoms with Crippen LogP contribution in [0.15, 0.2) is 33.6 Å². The van der Waals surface area contributed by atoms with Gasteiger partial charge in [0, 0.05) is 12.1 Å². The quantitative estimate of drug-likeness (QED) is 0.635. The lowest BCUT2D eigenvalue weighted by atomic mass is 9.96. The summed E-state index contributed by atoms with van der Waals surface area (Å²) in [4.78, 5) is 32.5. The molecular formula is C22H22F2N4O3. The number of para-hydroxylation sites is 1. The number of hydrogen-bond donors (Lipinski definition) is 0. The van der Waals surface area contributed by atoms with E-state index in [0.29, 0.717) is 24.9 Å². The molecule has 1 aliphatic carbocycles. The zero-order valence-electron chi connectivity index (χ0n) is 16.9. The van der Waals surface area contributed by atoms with Gasteiger partial charge in [-0.05, 0) is 50.7 Å². The molecule has 31 heavy (non-hydrogen) atoms. The van der Waals surface area contributed by atoms with Gasteiger partial charge in [0.2, 0.25) is 5.76 Å². The van der Waals surface area contributed by atoms with Crippen molar-refractivity contribution in [2.24, 2.45) is 0 Å². The molecule has 1 atom stereocenters. The van der Waals surface area contributed by atoms with Gasteiger partial charge in [-0.3, -0.25) is 14.2 Å². The van der Waals surface area contributed by atoms with Crippen molar-refractivity contribution in [3.05, 3.63) is 57.5 Å². The maximum absolute atomic E-state index is 13.4. The van der Waals surface area contributed by atoms with Crippen molar-refractivity contribution >= 4 is 16.8 Å². The second kappa shape index (κ2) is 7.86. The number of alkyl halides is 2. The number of hydrogen-bond acceptors (Lipinski definition) is 5. The van der Waals surface area contributed by atoms with Crippen LogP contribution in [0.3, 0.4) is 0 Å². The van der Waals surface area contributed by atoms with Crippen LogP contribution in [0.25, 0.3) is 10.9 Å². The number of aromatic nitrogens is 3. The predicted octanol–water partition coefficient (Wildman–Crippen LogP) is 3.51. The zero-order valence-corrected chi connectivity index (χ0v) is 16.9. The first-order chi connectivity index (χ1) is 15.0. The van der Waals surface area contributed by atoms with Crippen molar-refractivity contribution in [2.75, 3.05) is 6.54 Å². The fourth-order valence-electron chi connectivity index (χ4n) is 4.72. The van der Waals surface area contributed by atoms with Crippen LogP contribution >= 0.6 is 0 Å². The summed E-state index contributed by atoms with van der Waals surface area (Å²) < 4.78 is 33.1. The van der Waals surface area contributed by atoms with Crippen molar-refractivity contribution in [2.45, 2.75) is 57.5 Å². The molecule has 0 bridgehead atoms. The molecule has 0 spiro atoms. The van der Waals surface area contributed by atoms with Gasteiger partial charge < -0.3 is 9.42 Å². The fourth-order valence-corrected chi connectivity index (χ4v) is 4.72. The van der Waals surface area contributed by atoms with E-state index in [1.165, 1.54) is 0 Å². The van der Waals surface area contributed by atoms with E-state index < -0.39 is 24.6 Å². The molecular weight excluding hydrogens is 406 g/mol. The van der Waals surface area contributed by atoms with Crippen molar-refractivity contribution in [3.8, 4) is 0 Å². The lowest BCUT2D eigenvalue weighted by molar-refractivity contribution is 0.0677. The van der Waals surface area contributed by atoms with E-state index in [0.717, 1.165) is 41.5 Å². The average Bonchev–Trinajstić information content (AvgIpc) is 3.42. The lowest BCUT2D eigenvalue weighted by Gasteiger charge is -2.26. The molecule has 0 N–H and O–H groups in total. The highest BCUT2D eigenvalue weighted by atomic mass is 19.3. The van der Waals surface area contributed by atoms with E-state index >= 15 is 0 Å². The minimum absolute atomic E-state index is 0.197. The Bertz CT molecular complexity index is 1200. The van der Waals surface area contributed by atoms with Crippen LogP contribution < -0.4 is 5.56 Å². The van der Waals surface area contributed by atoms with E-state index in [1.54, 1.807) is 29.2 Å². The van der Waals surface area contributed by atoms with Gasteiger partial charge in [-0.25, -0.2) is 13.8 Å². The summed E-state index contributed by atoms with van der Waals surface area (Å²) in [5.41, 5.74) is 1.59. The van der Waals surface area contributed by atoms with Crippen LogP contribution in [0.1, 0.15) is 59.4 Å². The number of likely N-dealkylation sites (tertiary alicyclic amines) is 1. The van der Waals surface area contributed by atoms with E-state index in [-0.39, 0.29) is 22.9 Å². The first kappa shape index (κ1) is 19.8. The van der Waals surface area contributed by atoms with Gasteiger partial charge in [0.1, 0.15) is 5.82 Å². The normalized spacial score (nSPS) is 18.7. The van der Waals surface area contributed by atoms with Gasteiger partial charge >= 0.3 is 0 Å². The third kappa shape index (κ3) is 3.41. The van der Waals surface area contributed by atoms with E-state index in [9.17, 15) is 18.4 Å². The minimum atomic E-state index is -2.72. The Balaban J connectivity index is 1.58. The Morgan fingerprint density at radius 1 is 1.19 bits per heavy atom. The molecule has 5 rings (SSSR count). The molecule has 3 heterocycles. The summed E-state index contributed by atoms with van der Waals surface area (Å²) in [6.07, 6.45) is 2.02. The first-order valence-electron chi connectivity index (χ1n) is 10.6. The van der Waals surface area contributed by atoms with Gasteiger partial charge in [0.05, 0.1) is 29.2 Å². The molecule has 0 saturated carbocycles. The largest absolute Gasteiger partial charge is 0.350 e. The Labute approximate surface area is 176 Å². The number of halogens is 2. The highest BCUT2D eigenvalue weighted by Crippen LogP contribution is 2.34. The molecule has 1 fully saturated rings. The summed E-state index contributed by atoms with van der Waals surface area (Å²) in [5, 5.41) is 4.35. The number of carbonyl (C=O) groups excluding carboxylic acids is 1. The smallest absolute Gasteiger partial charge is 0.293 e. The van der Waals surface area contributed by atoms with Crippen LogP contribution in [0.2, 0.25) is 0 Å². The summed E-state index contributed by atoms with van der Waals surface area (Å²) >= 11 is 0. The Morgan fingerprint density at radius 3 is 2.84 bits per heavy atom. The summed E-state index contributed by atoms with van der Waals surface area (Å²) in [6, 6.07) is 6.10. The Morgan fingerprint density at radius 2 is 2.00 bits per heavy atom. The number of nitrogens with zero attached hydrogens (tertiary/aromatic N) is 4. The number of aryl methyl sites for hydroxylation is 1. The maximum atomic E-state index is 13.4. The third-order valence-corrected chi connectivity index (χ3v) is 6.18. The van der Waals surface area contributed by atoms with Crippen LogP contribution in [0.4, 0.5) is 8.78 Å². The summed E-state index contributed by atoms with van der Waals surface area (Å²) in [5.74, 6) is 0.109. The fraction of sp³-hybridized carbons (Fsp3) is 0.455. The zero-order chi connectivity index (χ0) is 21.5. The molecule has 1 unspecified atom stereocenters. The summed E-state index contributed by atoms with van der Waals surface area (Å²) in [7, 11) is 0. The second-order valence-corrected chi connectivity index (χ2v) is 8.09. The molecule has 2 aliphatic rings. The SMILES string of the molecule is O=C(c1onc2c1CCCC2)N1CCCC1c1nc2ccccc2c(=O)n1CC(F)F. The Hall–Kier alpha value is -3.10. The molecule has 1 amide bonds. The molecule has 2 aromatic heterocycles. The third-order valence-electron chi connectivity index (χ3n) is 6.18. The van der Waals surface area contributed by atoms with Gasteiger partial charge in [0.25, 0.3) is 17.9 Å². The average molecular weight is 428 g/mol. The standard InChI is InChI=1S/C22H22F2N4O3/c23-18(24)12-28-20(25-15-8-3-2-7-14(15)21(28)29)17-10-5-11-27(17)22(30)19-13-6-1-4-9-16(13)26-31-19/h2-3,7-8,17-18H,1,4-6,9-12H2. The topological polar surface area (TPSA) is 81.2 Å².